The average Bonchev–Trinajstić information content (AvgIpc) is 3.17. The molecule has 1 aliphatic carbocycles. The molecule has 2 aromatic carbocycles. The molecule has 0 fully saturated rings. The third-order valence-electron chi connectivity index (χ3n) is 5.35. The van der Waals surface area contributed by atoms with Crippen molar-refractivity contribution in [3.8, 4) is 11.6 Å². The maximum absolute atomic E-state index is 13.7. The number of esters is 1. The van der Waals surface area contributed by atoms with Crippen LogP contribution in [0.2, 0.25) is 0 Å². The van der Waals surface area contributed by atoms with E-state index in [1.807, 2.05) is 24.3 Å². The summed E-state index contributed by atoms with van der Waals surface area (Å²) >= 11 is 0. The van der Waals surface area contributed by atoms with Crippen LogP contribution < -0.4 is 9.47 Å². The van der Waals surface area contributed by atoms with Crippen LogP contribution in [0.3, 0.4) is 0 Å². The lowest BCUT2D eigenvalue weighted by molar-refractivity contribution is 0.0509. The molecule has 32 heavy (non-hydrogen) atoms. The molecule has 0 N–H and O–H groups in total. The van der Waals surface area contributed by atoms with E-state index in [9.17, 15) is 13.6 Å². The standard InChI is InChI=1S/C23H23F2N3O4/c1-3-31-23(29)21-22(28(27-26-21)13-14-4-7-17(30-2)8-5-14)32-18-9-6-15-11-19(24)20(25)12-16(15)10-18/h4-5,7-8,11-12,18H,3,6,9-10,13H2,1-2H3. The third-order valence-corrected chi connectivity index (χ3v) is 5.35. The van der Waals surface area contributed by atoms with Gasteiger partial charge in [-0.3, -0.25) is 0 Å². The van der Waals surface area contributed by atoms with Gasteiger partial charge in [-0.25, -0.2) is 18.3 Å². The molecule has 0 spiro atoms. The van der Waals surface area contributed by atoms with Crippen molar-refractivity contribution in [2.75, 3.05) is 13.7 Å². The molecule has 0 saturated carbocycles. The number of nitrogens with zero attached hydrogens (tertiary/aromatic N) is 3. The van der Waals surface area contributed by atoms with Crippen molar-refractivity contribution in [2.24, 2.45) is 0 Å². The van der Waals surface area contributed by atoms with Crippen molar-refractivity contribution < 1.29 is 27.8 Å². The number of aromatic nitrogens is 3. The van der Waals surface area contributed by atoms with Gasteiger partial charge in [0.2, 0.25) is 11.6 Å². The molecule has 9 heteroatoms. The van der Waals surface area contributed by atoms with Crippen LogP contribution in [0.15, 0.2) is 36.4 Å². The van der Waals surface area contributed by atoms with Gasteiger partial charge in [0.05, 0.1) is 20.3 Å². The van der Waals surface area contributed by atoms with Crippen LogP contribution in [-0.4, -0.2) is 40.8 Å². The minimum atomic E-state index is -0.886. The van der Waals surface area contributed by atoms with Gasteiger partial charge < -0.3 is 14.2 Å². The highest BCUT2D eigenvalue weighted by Crippen LogP contribution is 2.28. The monoisotopic (exact) mass is 443 g/mol. The van der Waals surface area contributed by atoms with E-state index in [0.717, 1.165) is 16.9 Å². The Labute approximate surface area is 183 Å². The Morgan fingerprint density at radius 2 is 1.88 bits per heavy atom. The highest BCUT2D eigenvalue weighted by Gasteiger charge is 2.28. The van der Waals surface area contributed by atoms with Crippen molar-refractivity contribution in [3.05, 3.63) is 70.4 Å². The van der Waals surface area contributed by atoms with Crippen LogP contribution in [0.4, 0.5) is 8.78 Å². The van der Waals surface area contributed by atoms with Crippen molar-refractivity contribution >= 4 is 5.97 Å². The zero-order chi connectivity index (χ0) is 22.7. The fraction of sp³-hybridized carbons (Fsp3) is 0.348. The Kier molecular flexibility index (Phi) is 6.34. The number of benzene rings is 2. The predicted octanol–water partition coefficient (Wildman–Crippen LogP) is 3.73. The van der Waals surface area contributed by atoms with Crippen LogP contribution in [0.25, 0.3) is 0 Å². The molecule has 1 heterocycles. The van der Waals surface area contributed by atoms with Crippen LogP contribution in [-0.2, 0) is 24.1 Å². The molecule has 0 bridgehead atoms. The van der Waals surface area contributed by atoms with Gasteiger partial charge in [-0.05, 0) is 60.7 Å². The second kappa shape index (κ2) is 9.33. The fourth-order valence-electron chi connectivity index (χ4n) is 3.73. The van der Waals surface area contributed by atoms with Gasteiger partial charge in [-0.1, -0.05) is 17.3 Å². The number of aryl methyl sites for hydroxylation is 1. The second-order valence-electron chi connectivity index (χ2n) is 7.49. The van der Waals surface area contributed by atoms with Gasteiger partial charge in [-0.15, -0.1) is 5.10 Å². The Morgan fingerprint density at radius 1 is 1.16 bits per heavy atom. The molecule has 0 radical (unpaired) electrons. The zero-order valence-electron chi connectivity index (χ0n) is 17.8. The number of methoxy groups -OCH3 is 1. The topological polar surface area (TPSA) is 75.5 Å². The van der Waals surface area contributed by atoms with Crippen molar-refractivity contribution in [1.82, 2.24) is 15.0 Å². The highest BCUT2D eigenvalue weighted by molar-refractivity contribution is 5.89. The third kappa shape index (κ3) is 4.56. The molecule has 168 valence electrons. The van der Waals surface area contributed by atoms with Crippen molar-refractivity contribution in [1.29, 1.82) is 0 Å². The van der Waals surface area contributed by atoms with Gasteiger partial charge in [-0.2, -0.15) is 0 Å². The minimum absolute atomic E-state index is 0.0172. The number of carbonyl (C=O) groups is 1. The molecule has 0 saturated heterocycles. The molecule has 1 aliphatic rings. The Hall–Kier alpha value is -3.49. The summed E-state index contributed by atoms with van der Waals surface area (Å²) < 4.78 is 45.2. The Balaban J connectivity index is 1.59. The van der Waals surface area contributed by atoms with E-state index >= 15 is 0 Å². The maximum Gasteiger partial charge on any atom is 0.364 e. The molecule has 1 atom stereocenters. The van der Waals surface area contributed by atoms with Crippen molar-refractivity contribution in [3.63, 3.8) is 0 Å². The van der Waals surface area contributed by atoms with Crippen LogP contribution in [0.1, 0.15) is 40.5 Å². The summed E-state index contributed by atoms with van der Waals surface area (Å²) in [6.07, 6.45) is 1.14. The van der Waals surface area contributed by atoms with Crippen LogP contribution in [0, 0.1) is 11.6 Å². The first kappa shape index (κ1) is 21.7. The summed E-state index contributed by atoms with van der Waals surface area (Å²) in [7, 11) is 1.59. The maximum atomic E-state index is 13.7. The molecule has 1 unspecified atom stereocenters. The van der Waals surface area contributed by atoms with E-state index in [0.29, 0.717) is 31.4 Å². The molecule has 4 rings (SSSR count). The summed E-state index contributed by atoms with van der Waals surface area (Å²) in [6.45, 7) is 2.20. The van der Waals surface area contributed by atoms with Gasteiger partial charge in [0.15, 0.2) is 11.6 Å². The predicted molar refractivity (Wildman–Crippen MR) is 111 cm³/mol. The molecule has 7 nitrogen and oxygen atoms in total. The van der Waals surface area contributed by atoms with Gasteiger partial charge >= 0.3 is 5.97 Å². The lowest BCUT2D eigenvalue weighted by atomic mass is 9.89. The van der Waals surface area contributed by atoms with E-state index in [-0.39, 0.29) is 24.3 Å². The SMILES string of the molecule is CCOC(=O)c1nnn(Cc2ccc(OC)cc2)c1OC1CCc2cc(F)c(F)cc2C1. The second-order valence-corrected chi connectivity index (χ2v) is 7.49. The Bertz CT molecular complexity index is 1120. The number of rotatable bonds is 7. The summed E-state index contributed by atoms with van der Waals surface area (Å²) in [5.41, 5.74) is 2.34. The van der Waals surface area contributed by atoms with E-state index in [2.05, 4.69) is 10.3 Å². The number of fused-ring (bicyclic) bond motifs is 1. The van der Waals surface area contributed by atoms with E-state index in [1.165, 1.54) is 16.8 Å². The lowest BCUT2D eigenvalue weighted by Gasteiger charge is -2.26. The molecular weight excluding hydrogens is 420 g/mol. The molecule has 0 aliphatic heterocycles. The summed E-state index contributed by atoms with van der Waals surface area (Å²) in [5.74, 6) is -1.46. The van der Waals surface area contributed by atoms with Crippen molar-refractivity contribution in [2.45, 2.75) is 38.8 Å². The highest BCUT2D eigenvalue weighted by atomic mass is 19.2. The van der Waals surface area contributed by atoms with E-state index < -0.39 is 17.6 Å². The first-order chi connectivity index (χ1) is 15.5. The molecule has 3 aromatic rings. The smallest absolute Gasteiger partial charge is 0.364 e. The van der Waals surface area contributed by atoms with Gasteiger partial charge in [0.1, 0.15) is 11.9 Å². The Morgan fingerprint density at radius 3 is 2.56 bits per heavy atom. The summed E-state index contributed by atoms with van der Waals surface area (Å²) in [4.78, 5) is 12.4. The van der Waals surface area contributed by atoms with E-state index in [4.69, 9.17) is 14.2 Å². The van der Waals surface area contributed by atoms with Gasteiger partial charge in [0, 0.05) is 6.42 Å². The zero-order valence-corrected chi connectivity index (χ0v) is 17.8. The number of carbonyl (C=O) groups excluding carboxylic acids is 1. The van der Waals surface area contributed by atoms with Crippen LogP contribution >= 0.6 is 0 Å². The summed E-state index contributed by atoms with van der Waals surface area (Å²) in [6, 6.07) is 9.85. The quantitative estimate of drug-likeness (QED) is 0.518. The normalized spacial score (nSPS) is 15.2. The van der Waals surface area contributed by atoms with Gasteiger partial charge in [0.25, 0.3) is 0 Å². The number of halogens is 2. The molecule has 1 aromatic heterocycles. The van der Waals surface area contributed by atoms with E-state index in [1.54, 1.807) is 14.0 Å². The molecular formula is C23H23F2N3O4. The number of hydrogen-bond acceptors (Lipinski definition) is 6. The first-order valence-corrected chi connectivity index (χ1v) is 10.4. The average molecular weight is 443 g/mol. The minimum Gasteiger partial charge on any atom is -0.497 e. The molecule has 0 amide bonds. The lowest BCUT2D eigenvalue weighted by Crippen LogP contribution is -2.27. The van der Waals surface area contributed by atoms with Crippen LogP contribution in [0.5, 0.6) is 11.6 Å². The number of ether oxygens (including phenoxy) is 3. The fourth-order valence-corrected chi connectivity index (χ4v) is 3.73. The summed E-state index contributed by atoms with van der Waals surface area (Å²) in [5, 5.41) is 8.07. The first-order valence-electron chi connectivity index (χ1n) is 10.4. The largest absolute Gasteiger partial charge is 0.497 e. The number of hydrogen-bond donors (Lipinski definition) is 0.